The lowest BCUT2D eigenvalue weighted by Crippen LogP contribution is -2.16. The summed E-state index contributed by atoms with van der Waals surface area (Å²) in [6.07, 6.45) is 4.52. The van der Waals surface area contributed by atoms with Gasteiger partial charge in [0.15, 0.2) is 0 Å². The third-order valence-electron chi connectivity index (χ3n) is 4.10. The lowest BCUT2D eigenvalue weighted by Gasteiger charge is -2.08. The lowest BCUT2D eigenvalue weighted by atomic mass is 10.0. The average Bonchev–Trinajstić information content (AvgIpc) is 2.78. The van der Waals surface area contributed by atoms with E-state index in [0.29, 0.717) is 23.5 Å². The minimum Gasteiger partial charge on any atom is -0.489 e. The van der Waals surface area contributed by atoms with Crippen molar-refractivity contribution in [1.82, 2.24) is 4.98 Å². The van der Waals surface area contributed by atoms with E-state index in [4.69, 9.17) is 9.47 Å². The highest BCUT2D eigenvalue weighted by Crippen LogP contribution is 2.18. The Balaban J connectivity index is 1.78. The fraction of sp³-hybridized carbons (Fsp3) is 0.125. The quantitative estimate of drug-likeness (QED) is 0.187. The molecule has 3 rings (SSSR count). The number of hydrogen-bond acceptors (Lipinski definition) is 5. The van der Waals surface area contributed by atoms with Gasteiger partial charge in [0.25, 0.3) is 0 Å². The van der Waals surface area contributed by atoms with Crippen molar-refractivity contribution >= 4 is 17.8 Å². The first-order valence-electron chi connectivity index (χ1n) is 9.27. The normalized spacial score (nSPS) is 11.0. The molecular weight excluding hydrogens is 366 g/mol. The van der Waals surface area contributed by atoms with Crippen molar-refractivity contribution < 1.29 is 19.1 Å². The predicted octanol–water partition coefficient (Wildman–Crippen LogP) is 4.49. The number of hydrogen-bond donors (Lipinski definition) is 0. The molecule has 1 aromatic heterocycles. The number of Topliss-reactive ketones (excluding diaryl/α,β-unsaturated/α-hetero) is 1. The van der Waals surface area contributed by atoms with Crippen LogP contribution in [0.25, 0.3) is 6.08 Å². The van der Waals surface area contributed by atoms with Gasteiger partial charge in [-0.15, -0.1) is 0 Å². The van der Waals surface area contributed by atoms with Crippen LogP contribution in [0.4, 0.5) is 0 Å². The van der Waals surface area contributed by atoms with Gasteiger partial charge < -0.3 is 9.47 Å². The van der Waals surface area contributed by atoms with E-state index in [-0.39, 0.29) is 12.2 Å². The van der Waals surface area contributed by atoms with Gasteiger partial charge in [-0.05, 0) is 48.4 Å². The minimum absolute atomic E-state index is 0.0437. The van der Waals surface area contributed by atoms with Gasteiger partial charge in [0, 0.05) is 18.0 Å². The molecular formula is C24H21NO4. The van der Waals surface area contributed by atoms with Crippen LogP contribution in [-0.4, -0.2) is 23.3 Å². The van der Waals surface area contributed by atoms with Crippen LogP contribution in [0.5, 0.6) is 5.75 Å². The van der Waals surface area contributed by atoms with Crippen LogP contribution in [0.2, 0.25) is 0 Å². The van der Waals surface area contributed by atoms with E-state index in [0.717, 1.165) is 5.56 Å². The molecule has 0 N–H and O–H groups in total. The molecule has 0 aliphatic rings. The van der Waals surface area contributed by atoms with Crippen molar-refractivity contribution in [3.63, 3.8) is 0 Å². The van der Waals surface area contributed by atoms with Gasteiger partial charge in [-0.1, -0.05) is 42.5 Å². The highest BCUT2D eigenvalue weighted by molar-refractivity contribution is 6.26. The number of aromatic nitrogens is 1. The Morgan fingerprint density at radius 3 is 2.38 bits per heavy atom. The molecule has 0 fully saturated rings. The van der Waals surface area contributed by atoms with E-state index in [1.165, 1.54) is 12.3 Å². The van der Waals surface area contributed by atoms with Gasteiger partial charge in [0.05, 0.1) is 6.61 Å². The second-order valence-corrected chi connectivity index (χ2v) is 6.19. The summed E-state index contributed by atoms with van der Waals surface area (Å²) in [6, 6.07) is 20.3. The van der Waals surface area contributed by atoms with Crippen molar-refractivity contribution in [3.05, 3.63) is 101 Å². The van der Waals surface area contributed by atoms with Crippen LogP contribution in [0.15, 0.2) is 84.7 Å². The van der Waals surface area contributed by atoms with Crippen molar-refractivity contribution in [3.8, 4) is 5.75 Å². The zero-order chi connectivity index (χ0) is 20.5. The maximum Gasteiger partial charge on any atom is 0.342 e. The molecule has 0 atom stereocenters. The van der Waals surface area contributed by atoms with Crippen LogP contribution in [-0.2, 0) is 16.1 Å². The minimum atomic E-state index is -0.661. The molecule has 0 bridgehead atoms. The van der Waals surface area contributed by atoms with Gasteiger partial charge in [0.2, 0.25) is 5.78 Å². The zero-order valence-electron chi connectivity index (χ0n) is 16.1. The SMILES string of the molecule is CCOC(=O)/C(=C\c1ccc(OCc2ccccc2)cc1)C(=O)c1cccnc1. The maximum atomic E-state index is 12.8. The Bertz CT molecular complexity index is 980. The zero-order valence-corrected chi connectivity index (χ0v) is 16.1. The van der Waals surface area contributed by atoms with E-state index < -0.39 is 11.8 Å². The van der Waals surface area contributed by atoms with Crippen LogP contribution in [0.3, 0.4) is 0 Å². The highest BCUT2D eigenvalue weighted by Gasteiger charge is 2.21. The highest BCUT2D eigenvalue weighted by atomic mass is 16.5. The molecule has 5 heteroatoms. The van der Waals surface area contributed by atoms with E-state index >= 15 is 0 Å². The molecule has 1 heterocycles. The smallest absolute Gasteiger partial charge is 0.342 e. The summed E-state index contributed by atoms with van der Waals surface area (Å²) in [7, 11) is 0. The molecule has 146 valence electrons. The summed E-state index contributed by atoms with van der Waals surface area (Å²) >= 11 is 0. The second kappa shape index (κ2) is 9.99. The van der Waals surface area contributed by atoms with E-state index in [9.17, 15) is 9.59 Å². The van der Waals surface area contributed by atoms with Gasteiger partial charge >= 0.3 is 5.97 Å². The number of rotatable bonds is 8. The summed E-state index contributed by atoms with van der Waals surface area (Å²) < 4.78 is 10.8. The third kappa shape index (κ3) is 5.62. The summed E-state index contributed by atoms with van der Waals surface area (Å²) in [5, 5.41) is 0. The number of benzene rings is 2. The summed E-state index contributed by atoms with van der Waals surface area (Å²) in [6.45, 7) is 2.34. The molecule has 5 nitrogen and oxygen atoms in total. The van der Waals surface area contributed by atoms with Gasteiger partial charge in [-0.2, -0.15) is 0 Å². The maximum absolute atomic E-state index is 12.8. The number of carbonyl (C=O) groups is 2. The molecule has 0 saturated carbocycles. The topological polar surface area (TPSA) is 65.5 Å². The van der Waals surface area contributed by atoms with E-state index in [2.05, 4.69) is 4.98 Å². The van der Waals surface area contributed by atoms with Crippen molar-refractivity contribution in [1.29, 1.82) is 0 Å². The van der Waals surface area contributed by atoms with Crippen molar-refractivity contribution in [2.45, 2.75) is 13.5 Å². The fourth-order valence-corrected chi connectivity index (χ4v) is 2.65. The Labute approximate surface area is 169 Å². The Morgan fingerprint density at radius 2 is 1.72 bits per heavy atom. The number of esters is 1. The number of carbonyl (C=O) groups excluding carboxylic acids is 2. The van der Waals surface area contributed by atoms with Gasteiger partial charge in [-0.25, -0.2) is 4.79 Å². The Hall–Kier alpha value is -3.73. The second-order valence-electron chi connectivity index (χ2n) is 6.19. The summed E-state index contributed by atoms with van der Waals surface area (Å²) in [4.78, 5) is 29.0. The molecule has 0 amide bonds. The van der Waals surface area contributed by atoms with Gasteiger partial charge in [0.1, 0.15) is 17.9 Å². The molecule has 3 aromatic rings. The Morgan fingerprint density at radius 1 is 0.966 bits per heavy atom. The first kappa shape index (κ1) is 20.0. The van der Waals surface area contributed by atoms with E-state index in [1.807, 2.05) is 30.3 Å². The monoisotopic (exact) mass is 387 g/mol. The first-order valence-corrected chi connectivity index (χ1v) is 9.27. The lowest BCUT2D eigenvalue weighted by molar-refractivity contribution is -0.137. The first-order chi connectivity index (χ1) is 14.2. The number of ketones is 1. The predicted molar refractivity (Wildman–Crippen MR) is 110 cm³/mol. The van der Waals surface area contributed by atoms with E-state index in [1.54, 1.807) is 49.5 Å². The molecule has 0 radical (unpaired) electrons. The van der Waals surface area contributed by atoms with Crippen molar-refractivity contribution in [2.75, 3.05) is 6.61 Å². The molecule has 0 spiro atoms. The molecule has 0 aliphatic heterocycles. The Kier molecular flexibility index (Phi) is 6.90. The molecule has 0 aliphatic carbocycles. The molecule has 2 aromatic carbocycles. The number of pyridine rings is 1. The van der Waals surface area contributed by atoms with Gasteiger partial charge in [-0.3, -0.25) is 9.78 Å². The molecule has 0 unspecified atom stereocenters. The molecule has 29 heavy (non-hydrogen) atoms. The average molecular weight is 387 g/mol. The van der Waals surface area contributed by atoms with Crippen LogP contribution in [0.1, 0.15) is 28.4 Å². The largest absolute Gasteiger partial charge is 0.489 e. The van der Waals surface area contributed by atoms with Crippen molar-refractivity contribution in [2.24, 2.45) is 0 Å². The fourth-order valence-electron chi connectivity index (χ4n) is 2.65. The van der Waals surface area contributed by atoms with Crippen LogP contribution < -0.4 is 4.74 Å². The van der Waals surface area contributed by atoms with Crippen LogP contribution >= 0.6 is 0 Å². The number of nitrogens with zero attached hydrogens (tertiary/aromatic N) is 1. The summed E-state index contributed by atoms with van der Waals surface area (Å²) in [5.74, 6) is -0.394. The molecule has 0 saturated heterocycles. The summed E-state index contributed by atoms with van der Waals surface area (Å²) in [5.41, 5.74) is 2.05. The number of ether oxygens (including phenoxy) is 2. The van der Waals surface area contributed by atoms with Crippen LogP contribution in [0, 0.1) is 0 Å². The standard InChI is InChI=1S/C24H21NO4/c1-2-28-24(27)22(23(26)20-9-6-14-25-16-20)15-18-10-12-21(13-11-18)29-17-19-7-4-3-5-8-19/h3-16H,2,17H2,1H3/b22-15-. The third-order valence-corrected chi connectivity index (χ3v) is 4.10.